The number of hydrogen-bond acceptors (Lipinski definition) is 8. The quantitative estimate of drug-likeness (QED) is 0.521. The molecule has 0 aromatic carbocycles. The molecule has 0 unspecified atom stereocenters. The van der Waals surface area contributed by atoms with E-state index in [2.05, 4.69) is 5.16 Å². The summed E-state index contributed by atoms with van der Waals surface area (Å²) in [5.74, 6) is -0.954. The van der Waals surface area contributed by atoms with Gasteiger partial charge in [-0.3, -0.25) is 9.63 Å². The Bertz CT molecular complexity index is 653. The molecule has 1 aliphatic rings. The topological polar surface area (TPSA) is 93.1 Å². The average molecular weight is 397 g/mol. The number of rotatable bonds is 5. The molecule has 0 aromatic rings. The van der Waals surface area contributed by atoms with Crippen LogP contribution in [-0.4, -0.2) is 51.3 Å². The lowest BCUT2D eigenvalue weighted by Crippen LogP contribution is -2.51. The van der Waals surface area contributed by atoms with Crippen molar-refractivity contribution in [3.8, 4) is 0 Å². The Hall–Kier alpha value is -0.740. The van der Waals surface area contributed by atoms with Crippen LogP contribution in [0.25, 0.3) is 0 Å². The van der Waals surface area contributed by atoms with Gasteiger partial charge in [0.25, 0.3) is 10.0 Å². The van der Waals surface area contributed by atoms with Gasteiger partial charge in [0.05, 0.1) is 4.75 Å². The highest BCUT2D eigenvalue weighted by Crippen LogP contribution is 2.41. The number of carbonyl (C=O) groups excluding carboxylic acids is 2. The fourth-order valence-electron chi connectivity index (χ4n) is 2.01. The van der Waals surface area contributed by atoms with Crippen LogP contribution in [0.2, 0.25) is 0 Å². The van der Waals surface area contributed by atoms with Gasteiger partial charge in [-0.1, -0.05) is 30.8 Å². The number of ketones is 1. The zero-order valence-corrected chi connectivity index (χ0v) is 17.4. The first-order valence-electron chi connectivity index (χ1n) is 7.34. The van der Waals surface area contributed by atoms with Crippen molar-refractivity contribution in [3.63, 3.8) is 0 Å². The summed E-state index contributed by atoms with van der Waals surface area (Å²) in [5, 5.41) is 5.19. The molecular formula is C14H24N2O5S3. The van der Waals surface area contributed by atoms with Crippen LogP contribution in [0.4, 0.5) is 4.79 Å². The number of nitrogens with zero attached hydrogens (tertiary/aromatic N) is 2. The monoisotopic (exact) mass is 396 g/mol. The van der Waals surface area contributed by atoms with E-state index in [9.17, 15) is 18.0 Å². The Morgan fingerprint density at radius 3 is 2.29 bits per heavy atom. The van der Waals surface area contributed by atoms with Crippen molar-refractivity contribution in [2.45, 2.75) is 51.0 Å². The maximum absolute atomic E-state index is 12.6. The summed E-state index contributed by atoms with van der Waals surface area (Å²) in [4.78, 5) is 29.1. The molecule has 0 aliphatic carbocycles. The predicted molar refractivity (Wildman–Crippen MR) is 98.7 cm³/mol. The molecule has 1 amide bonds. The number of Topliss-reactive ketones (excluding diaryl/α,β-unsaturated/α-hetero) is 1. The van der Waals surface area contributed by atoms with E-state index in [1.165, 1.54) is 25.6 Å². The molecule has 0 N–H and O–H groups in total. The summed E-state index contributed by atoms with van der Waals surface area (Å²) < 4.78 is 23.6. The van der Waals surface area contributed by atoms with Crippen LogP contribution in [0.3, 0.4) is 0 Å². The highest BCUT2D eigenvalue weighted by Gasteiger charge is 2.47. The smallest absolute Gasteiger partial charge is 0.298 e. The standard InChI is InChI=1S/C14H24N2O5S3/c1-9(2)10(17)14(5,6)24(19,20)16(7)12(18)21-15-11-13(3,4)23-8-22-11/h9H,8H2,1-7H3. The van der Waals surface area contributed by atoms with Crippen molar-refractivity contribution in [2.24, 2.45) is 11.1 Å². The molecule has 24 heavy (non-hydrogen) atoms. The Balaban J connectivity index is 2.96. The van der Waals surface area contributed by atoms with Crippen molar-refractivity contribution < 1.29 is 22.8 Å². The van der Waals surface area contributed by atoms with Gasteiger partial charge in [0.2, 0.25) is 0 Å². The Labute approximate surface area is 152 Å². The van der Waals surface area contributed by atoms with Crippen LogP contribution in [0.15, 0.2) is 5.16 Å². The van der Waals surface area contributed by atoms with Gasteiger partial charge in [-0.2, -0.15) is 0 Å². The van der Waals surface area contributed by atoms with E-state index in [4.69, 9.17) is 4.84 Å². The number of oxime groups is 1. The molecule has 0 radical (unpaired) electrons. The number of hydrogen-bond donors (Lipinski definition) is 0. The SMILES string of the molecule is CC(C)C(=O)C(C)(C)S(=O)(=O)N(C)C(=O)ON=C1SCSC1(C)C. The van der Waals surface area contributed by atoms with Gasteiger partial charge < -0.3 is 0 Å². The summed E-state index contributed by atoms with van der Waals surface area (Å²) in [6, 6.07) is 0. The van der Waals surface area contributed by atoms with Gasteiger partial charge in [-0.15, -0.1) is 11.8 Å². The number of carbonyl (C=O) groups is 2. The van der Waals surface area contributed by atoms with E-state index in [-0.39, 0.29) is 4.75 Å². The minimum Gasteiger partial charge on any atom is -0.298 e. The summed E-state index contributed by atoms with van der Waals surface area (Å²) in [6.07, 6.45) is -1.14. The second kappa shape index (κ2) is 7.25. The molecule has 10 heteroatoms. The van der Waals surface area contributed by atoms with Crippen LogP contribution in [0.5, 0.6) is 0 Å². The molecule has 1 fully saturated rings. The zero-order chi connectivity index (χ0) is 18.9. The third-order valence-electron chi connectivity index (χ3n) is 3.72. The van der Waals surface area contributed by atoms with E-state index in [1.807, 2.05) is 13.8 Å². The summed E-state index contributed by atoms with van der Waals surface area (Å²) in [7, 11) is -3.16. The molecule has 1 saturated heterocycles. The lowest BCUT2D eigenvalue weighted by molar-refractivity contribution is -0.123. The maximum atomic E-state index is 12.6. The van der Waals surface area contributed by atoms with E-state index in [0.717, 1.165) is 12.1 Å². The predicted octanol–water partition coefficient (Wildman–Crippen LogP) is 2.92. The van der Waals surface area contributed by atoms with Gasteiger partial charge in [0, 0.05) is 18.1 Å². The first-order chi connectivity index (χ1) is 10.7. The molecule has 7 nitrogen and oxygen atoms in total. The molecule has 1 rings (SSSR count). The van der Waals surface area contributed by atoms with Crippen molar-refractivity contribution in [3.05, 3.63) is 0 Å². The lowest BCUT2D eigenvalue weighted by Gasteiger charge is -2.29. The van der Waals surface area contributed by atoms with Gasteiger partial charge in [-0.05, 0) is 27.7 Å². The first-order valence-corrected chi connectivity index (χ1v) is 10.7. The maximum Gasteiger partial charge on any atom is 0.449 e. The molecule has 0 atom stereocenters. The fraction of sp³-hybridized carbons (Fsp3) is 0.786. The van der Waals surface area contributed by atoms with Gasteiger partial charge in [0.1, 0.15) is 9.79 Å². The average Bonchev–Trinajstić information content (AvgIpc) is 2.81. The fourth-order valence-corrected chi connectivity index (χ4v) is 6.22. The highest BCUT2D eigenvalue weighted by atomic mass is 32.2. The van der Waals surface area contributed by atoms with E-state index < -0.39 is 32.6 Å². The molecule has 1 aliphatic heterocycles. The van der Waals surface area contributed by atoms with Crippen LogP contribution in [0, 0.1) is 5.92 Å². The summed E-state index contributed by atoms with van der Waals surface area (Å²) >= 11 is 3.09. The van der Waals surface area contributed by atoms with Gasteiger partial charge in [-0.25, -0.2) is 17.5 Å². The number of amides is 1. The van der Waals surface area contributed by atoms with Crippen molar-refractivity contribution in [1.82, 2.24) is 4.31 Å². The minimum absolute atomic E-state index is 0.282. The molecule has 0 bridgehead atoms. The normalized spacial score (nSPS) is 19.6. The second-order valence-electron chi connectivity index (χ2n) is 6.67. The molecular weight excluding hydrogens is 372 g/mol. The van der Waals surface area contributed by atoms with Crippen LogP contribution >= 0.6 is 23.5 Å². The molecule has 1 heterocycles. The van der Waals surface area contributed by atoms with Gasteiger partial charge >= 0.3 is 6.09 Å². The van der Waals surface area contributed by atoms with Crippen molar-refractivity contribution in [2.75, 3.05) is 12.1 Å². The third kappa shape index (κ3) is 4.08. The number of thioether (sulfide) groups is 2. The Morgan fingerprint density at radius 1 is 1.33 bits per heavy atom. The molecule has 0 spiro atoms. The molecule has 0 saturated carbocycles. The van der Waals surface area contributed by atoms with Crippen LogP contribution < -0.4 is 0 Å². The van der Waals surface area contributed by atoms with Crippen LogP contribution in [-0.2, 0) is 19.7 Å². The van der Waals surface area contributed by atoms with E-state index in [1.54, 1.807) is 25.6 Å². The minimum atomic E-state index is -4.23. The Kier molecular flexibility index (Phi) is 6.43. The highest BCUT2D eigenvalue weighted by molar-refractivity contribution is 8.29. The first kappa shape index (κ1) is 21.3. The second-order valence-corrected chi connectivity index (χ2v) is 12.1. The van der Waals surface area contributed by atoms with Gasteiger partial charge in [0.15, 0.2) is 5.78 Å². The largest absolute Gasteiger partial charge is 0.449 e. The molecule has 0 aromatic heterocycles. The van der Waals surface area contributed by atoms with Crippen molar-refractivity contribution >= 4 is 50.5 Å². The Morgan fingerprint density at radius 2 is 1.88 bits per heavy atom. The van der Waals surface area contributed by atoms with E-state index in [0.29, 0.717) is 9.35 Å². The zero-order valence-electron chi connectivity index (χ0n) is 14.9. The van der Waals surface area contributed by atoms with E-state index >= 15 is 0 Å². The lowest BCUT2D eigenvalue weighted by atomic mass is 9.98. The number of sulfonamides is 1. The van der Waals surface area contributed by atoms with Crippen LogP contribution in [0.1, 0.15) is 41.5 Å². The molecule has 138 valence electrons. The third-order valence-corrected chi connectivity index (χ3v) is 8.92. The summed E-state index contributed by atoms with van der Waals surface area (Å²) in [5.41, 5.74) is 0. The van der Waals surface area contributed by atoms with Crippen molar-refractivity contribution in [1.29, 1.82) is 0 Å². The summed E-state index contributed by atoms with van der Waals surface area (Å²) in [6.45, 7) is 9.67.